The van der Waals surface area contributed by atoms with Crippen LogP contribution in [-0.2, 0) is 16.0 Å². The van der Waals surface area contributed by atoms with Crippen molar-refractivity contribution < 1.29 is 19.0 Å². The molecule has 146 valence electrons. The van der Waals surface area contributed by atoms with Crippen molar-refractivity contribution in [1.82, 2.24) is 4.90 Å². The van der Waals surface area contributed by atoms with Crippen molar-refractivity contribution in [3.8, 4) is 0 Å². The van der Waals surface area contributed by atoms with E-state index in [0.29, 0.717) is 25.7 Å². The number of carbonyl (C=O) groups is 1. The van der Waals surface area contributed by atoms with Crippen LogP contribution < -0.4 is 0 Å². The second kappa shape index (κ2) is 8.96. The van der Waals surface area contributed by atoms with Crippen LogP contribution in [0.15, 0.2) is 18.2 Å². The lowest BCUT2D eigenvalue weighted by atomic mass is 9.66. The molecule has 26 heavy (non-hydrogen) atoms. The third-order valence-electron chi connectivity index (χ3n) is 5.59. The van der Waals surface area contributed by atoms with E-state index in [9.17, 15) is 14.3 Å². The van der Waals surface area contributed by atoms with Crippen LogP contribution in [0.3, 0.4) is 0 Å². The predicted octanol–water partition coefficient (Wildman–Crippen LogP) is 3.52. The highest BCUT2D eigenvalue weighted by molar-refractivity contribution is 5.69. The summed E-state index contributed by atoms with van der Waals surface area (Å²) in [5.74, 6) is -0.112. The van der Waals surface area contributed by atoms with E-state index >= 15 is 0 Å². The zero-order chi connectivity index (χ0) is 19.3. The average molecular weight is 365 g/mol. The Morgan fingerprint density at radius 3 is 2.81 bits per heavy atom. The molecule has 4 nitrogen and oxygen atoms in total. The van der Waals surface area contributed by atoms with E-state index in [4.69, 9.17) is 0 Å². The normalized spacial score (nSPS) is 22.5. The largest absolute Gasteiger partial charge is 0.469 e. The number of hydrogen-bond acceptors (Lipinski definition) is 4. The van der Waals surface area contributed by atoms with E-state index in [1.807, 2.05) is 13.1 Å². The number of carbonyl (C=O) groups excluding carboxylic acids is 1. The first-order valence-corrected chi connectivity index (χ1v) is 9.53. The number of nitrogens with zero attached hydrogens (tertiary/aromatic N) is 1. The number of hydrogen-bond donors (Lipinski definition) is 1. The van der Waals surface area contributed by atoms with Crippen LogP contribution in [0.5, 0.6) is 0 Å². The van der Waals surface area contributed by atoms with E-state index in [1.54, 1.807) is 6.07 Å². The molecule has 1 aromatic rings. The molecule has 0 aliphatic heterocycles. The molecule has 0 amide bonds. The van der Waals surface area contributed by atoms with Gasteiger partial charge in [0.1, 0.15) is 5.82 Å². The fourth-order valence-electron chi connectivity index (χ4n) is 4.24. The van der Waals surface area contributed by atoms with Gasteiger partial charge in [0.05, 0.1) is 12.7 Å². The quantitative estimate of drug-likeness (QED) is 0.716. The highest BCUT2D eigenvalue weighted by atomic mass is 19.1. The van der Waals surface area contributed by atoms with Crippen molar-refractivity contribution in [2.24, 2.45) is 5.92 Å². The lowest BCUT2D eigenvalue weighted by Gasteiger charge is -2.44. The Hall–Kier alpha value is -1.46. The topological polar surface area (TPSA) is 49.8 Å². The van der Waals surface area contributed by atoms with E-state index in [0.717, 1.165) is 30.6 Å². The Kier molecular flexibility index (Phi) is 7.18. The molecule has 2 rings (SSSR count). The molecule has 0 bridgehead atoms. The molecule has 2 atom stereocenters. The number of fused-ring (bicyclic) bond motifs is 1. The monoisotopic (exact) mass is 365 g/mol. The molecule has 1 unspecified atom stereocenters. The number of esters is 1. The molecule has 0 saturated carbocycles. The summed E-state index contributed by atoms with van der Waals surface area (Å²) in [5.41, 5.74) is 1.33. The zero-order valence-electron chi connectivity index (χ0n) is 16.4. The summed E-state index contributed by atoms with van der Waals surface area (Å²) in [6.07, 6.45) is 3.19. The van der Waals surface area contributed by atoms with Gasteiger partial charge in [-0.2, -0.15) is 0 Å². The van der Waals surface area contributed by atoms with Gasteiger partial charge < -0.3 is 14.7 Å². The minimum absolute atomic E-state index is 0.00955. The molecule has 0 saturated heterocycles. The number of halogens is 1. The third kappa shape index (κ3) is 5.04. The molecule has 5 heteroatoms. The zero-order valence-corrected chi connectivity index (χ0v) is 16.4. The lowest BCUT2D eigenvalue weighted by Crippen LogP contribution is -2.45. The van der Waals surface area contributed by atoms with Crippen molar-refractivity contribution in [2.45, 2.75) is 57.5 Å². The summed E-state index contributed by atoms with van der Waals surface area (Å²) in [6.45, 7) is 5.79. The van der Waals surface area contributed by atoms with Gasteiger partial charge in [0, 0.05) is 18.9 Å². The molecule has 1 aliphatic carbocycles. The summed E-state index contributed by atoms with van der Waals surface area (Å²) in [5, 5.41) is 11.4. The van der Waals surface area contributed by atoms with Crippen LogP contribution in [0.2, 0.25) is 0 Å². The molecule has 0 heterocycles. The Balaban J connectivity index is 2.00. The van der Waals surface area contributed by atoms with Crippen LogP contribution >= 0.6 is 0 Å². The van der Waals surface area contributed by atoms with Gasteiger partial charge in [-0.1, -0.05) is 19.9 Å². The van der Waals surface area contributed by atoms with Gasteiger partial charge in [-0.05, 0) is 68.5 Å². The SMILES string of the molecule is COC(=O)CCCN(C)CC[C@@]1(O)CCc2cc(F)ccc2C1C(C)C. The molecule has 0 aromatic heterocycles. The van der Waals surface area contributed by atoms with Gasteiger partial charge in [0.2, 0.25) is 0 Å². The van der Waals surface area contributed by atoms with Crippen LogP contribution in [0, 0.1) is 11.7 Å². The maximum Gasteiger partial charge on any atom is 0.305 e. The van der Waals surface area contributed by atoms with Crippen molar-refractivity contribution in [2.75, 3.05) is 27.2 Å². The van der Waals surface area contributed by atoms with Gasteiger partial charge in [-0.25, -0.2) is 4.39 Å². The lowest BCUT2D eigenvalue weighted by molar-refractivity contribution is -0.140. The highest BCUT2D eigenvalue weighted by Crippen LogP contribution is 2.45. The van der Waals surface area contributed by atoms with Crippen molar-refractivity contribution in [3.05, 3.63) is 35.1 Å². The van der Waals surface area contributed by atoms with E-state index in [2.05, 4.69) is 23.5 Å². The summed E-state index contributed by atoms with van der Waals surface area (Å²) >= 11 is 0. The van der Waals surface area contributed by atoms with E-state index < -0.39 is 5.60 Å². The van der Waals surface area contributed by atoms with Gasteiger partial charge in [-0.3, -0.25) is 4.79 Å². The first-order valence-electron chi connectivity index (χ1n) is 9.53. The standard InChI is InChI=1S/C21H32FNO3/c1-15(2)20-18-8-7-17(22)14-16(18)9-10-21(20,25)11-13-23(3)12-5-6-19(24)26-4/h7-8,14-15,20,25H,5-6,9-13H2,1-4H3/t20?,21-/m0/s1. The summed E-state index contributed by atoms with van der Waals surface area (Å²) < 4.78 is 18.2. The average Bonchev–Trinajstić information content (AvgIpc) is 2.59. The van der Waals surface area contributed by atoms with Gasteiger partial charge >= 0.3 is 5.97 Å². The molecular weight excluding hydrogens is 333 g/mol. The maximum atomic E-state index is 13.6. The number of rotatable bonds is 8. The minimum Gasteiger partial charge on any atom is -0.469 e. The maximum absolute atomic E-state index is 13.6. The van der Waals surface area contributed by atoms with Crippen molar-refractivity contribution >= 4 is 5.97 Å². The molecule has 0 fully saturated rings. The van der Waals surface area contributed by atoms with Gasteiger partial charge in [-0.15, -0.1) is 0 Å². The van der Waals surface area contributed by atoms with E-state index in [1.165, 1.54) is 13.2 Å². The fourth-order valence-corrected chi connectivity index (χ4v) is 4.24. The number of ether oxygens (including phenoxy) is 1. The highest BCUT2D eigenvalue weighted by Gasteiger charge is 2.43. The first-order chi connectivity index (χ1) is 12.3. The fraction of sp³-hybridized carbons (Fsp3) is 0.667. The van der Waals surface area contributed by atoms with Crippen LogP contribution in [0.25, 0.3) is 0 Å². The Labute approximate surface area is 156 Å². The van der Waals surface area contributed by atoms with Crippen LogP contribution in [0.4, 0.5) is 4.39 Å². The Morgan fingerprint density at radius 2 is 2.15 bits per heavy atom. The number of benzene rings is 1. The Morgan fingerprint density at radius 1 is 1.42 bits per heavy atom. The molecule has 0 spiro atoms. The number of aliphatic hydroxyl groups is 1. The van der Waals surface area contributed by atoms with Crippen molar-refractivity contribution in [1.29, 1.82) is 0 Å². The second-order valence-corrected chi connectivity index (χ2v) is 7.90. The third-order valence-corrected chi connectivity index (χ3v) is 5.59. The summed E-state index contributed by atoms with van der Waals surface area (Å²) in [6, 6.07) is 4.96. The summed E-state index contributed by atoms with van der Waals surface area (Å²) in [7, 11) is 3.41. The molecule has 1 aliphatic rings. The van der Waals surface area contributed by atoms with Gasteiger partial charge in [0.15, 0.2) is 0 Å². The smallest absolute Gasteiger partial charge is 0.305 e. The van der Waals surface area contributed by atoms with Crippen LogP contribution in [-0.4, -0.2) is 48.8 Å². The van der Waals surface area contributed by atoms with Crippen molar-refractivity contribution in [3.63, 3.8) is 0 Å². The predicted molar refractivity (Wildman–Crippen MR) is 101 cm³/mol. The molecule has 0 radical (unpaired) electrons. The number of aryl methyl sites for hydroxylation is 1. The molecular formula is C21H32FNO3. The number of methoxy groups -OCH3 is 1. The van der Waals surface area contributed by atoms with Crippen LogP contribution in [0.1, 0.15) is 56.6 Å². The van der Waals surface area contributed by atoms with E-state index in [-0.39, 0.29) is 23.6 Å². The molecule has 1 aromatic carbocycles. The van der Waals surface area contributed by atoms with Gasteiger partial charge in [0.25, 0.3) is 0 Å². The first kappa shape index (κ1) is 20.8. The summed E-state index contributed by atoms with van der Waals surface area (Å²) in [4.78, 5) is 13.4. The minimum atomic E-state index is -0.782. The second-order valence-electron chi connectivity index (χ2n) is 7.90. The Bertz CT molecular complexity index is 619. The molecule has 1 N–H and O–H groups in total.